The first kappa shape index (κ1) is 32.1. The SMILES string of the molecule is CCCCCCCCCCC(CN(C)C1CC(C)(C)NC(C)(C)C1)N(C)C1CC(C)(C)NC(C)(C)C1. The van der Waals surface area contributed by atoms with Gasteiger partial charge in [0.1, 0.15) is 0 Å². The molecular weight excluding hydrogens is 440 g/mol. The lowest BCUT2D eigenvalue weighted by atomic mass is 9.78. The lowest BCUT2D eigenvalue weighted by Crippen LogP contribution is -2.64. The first-order chi connectivity index (χ1) is 16.5. The molecule has 2 aliphatic heterocycles. The zero-order chi connectivity index (χ0) is 27.2. The quantitative estimate of drug-likeness (QED) is 0.241. The van der Waals surface area contributed by atoms with Gasteiger partial charge in [0.25, 0.3) is 0 Å². The van der Waals surface area contributed by atoms with Crippen molar-refractivity contribution in [2.45, 2.75) is 186 Å². The van der Waals surface area contributed by atoms with Crippen molar-refractivity contribution in [2.24, 2.45) is 0 Å². The van der Waals surface area contributed by atoms with Crippen LogP contribution in [0.1, 0.15) is 146 Å². The van der Waals surface area contributed by atoms with E-state index in [0.717, 1.165) is 0 Å². The summed E-state index contributed by atoms with van der Waals surface area (Å²) in [6, 6.07) is 1.92. The van der Waals surface area contributed by atoms with Crippen molar-refractivity contribution in [3.05, 3.63) is 0 Å². The number of unbranched alkanes of at least 4 members (excludes halogenated alkanes) is 7. The third-order valence-electron chi connectivity index (χ3n) is 9.00. The summed E-state index contributed by atoms with van der Waals surface area (Å²) >= 11 is 0. The molecule has 0 spiro atoms. The molecule has 2 aliphatic rings. The second kappa shape index (κ2) is 13.3. The molecule has 0 radical (unpaired) electrons. The van der Waals surface area contributed by atoms with Crippen LogP contribution in [0.3, 0.4) is 0 Å². The Morgan fingerprint density at radius 2 is 1.00 bits per heavy atom. The standard InChI is InChI=1S/C32H66N4/c1-12-13-14-15-16-17-18-19-20-26(36(11)28-23-31(6,7)34-32(8,9)24-28)25-35(10)27-21-29(2,3)33-30(4,5)22-27/h26-28,33-34H,12-25H2,1-11H3. The van der Waals surface area contributed by atoms with Gasteiger partial charge in [-0.15, -0.1) is 0 Å². The highest BCUT2D eigenvalue weighted by molar-refractivity contribution is 5.02. The maximum atomic E-state index is 3.90. The van der Waals surface area contributed by atoms with E-state index >= 15 is 0 Å². The number of hydrogen-bond acceptors (Lipinski definition) is 4. The van der Waals surface area contributed by atoms with Gasteiger partial charge < -0.3 is 15.5 Å². The van der Waals surface area contributed by atoms with E-state index in [-0.39, 0.29) is 22.2 Å². The molecule has 0 aromatic heterocycles. The van der Waals surface area contributed by atoms with Crippen LogP contribution >= 0.6 is 0 Å². The lowest BCUT2D eigenvalue weighted by molar-refractivity contribution is 0.0241. The summed E-state index contributed by atoms with van der Waals surface area (Å²) in [4.78, 5) is 5.53. The fourth-order valence-electron chi connectivity index (χ4n) is 7.85. The van der Waals surface area contributed by atoms with Gasteiger partial charge in [0.15, 0.2) is 0 Å². The highest BCUT2D eigenvalue weighted by Crippen LogP contribution is 2.34. The van der Waals surface area contributed by atoms with Crippen LogP contribution in [0.4, 0.5) is 0 Å². The van der Waals surface area contributed by atoms with E-state index in [9.17, 15) is 0 Å². The van der Waals surface area contributed by atoms with Gasteiger partial charge >= 0.3 is 0 Å². The van der Waals surface area contributed by atoms with Crippen LogP contribution < -0.4 is 10.6 Å². The molecule has 4 nitrogen and oxygen atoms in total. The van der Waals surface area contributed by atoms with E-state index in [1.54, 1.807) is 0 Å². The number of hydrogen-bond donors (Lipinski definition) is 2. The zero-order valence-electron chi connectivity index (χ0n) is 26.5. The van der Waals surface area contributed by atoms with Gasteiger partial charge in [0.05, 0.1) is 0 Å². The van der Waals surface area contributed by atoms with E-state index in [1.165, 1.54) is 90.0 Å². The summed E-state index contributed by atoms with van der Waals surface area (Å²) in [5.74, 6) is 0. The number of nitrogens with zero attached hydrogens (tertiary/aromatic N) is 2. The molecule has 1 atom stereocenters. The van der Waals surface area contributed by atoms with E-state index in [4.69, 9.17) is 0 Å². The van der Waals surface area contributed by atoms with Crippen LogP contribution in [0.25, 0.3) is 0 Å². The summed E-state index contributed by atoms with van der Waals surface area (Å²) in [5, 5.41) is 7.79. The molecule has 0 aromatic rings. The molecule has 0 bridgehead atoms. The fraction of sp³-hybridized carbons (Fsp3) is 1.00. The molecule has 214 valence electrons. The van der Waals surface area contributed by atoms with Crippen molar-refractivity contribution in [2.75, 3.05) is 20.6 Å². The van der Waals surface area contributed by atoms with E-state index in [2.05, 4.69) is 96.8 Å². The molecule has 0 aromatic carbocycles. The van der Waals surface area contributed by atoms with Gasteiger partial charge in [-0.25, -0.2) is 0 Å². The smallest absolute Gasteiger partial charge is 0.0223 e. The lowest BCUT2D eigenvalue weighted by Gasteiger charge is -2.52. The summed E-state index contributed by atoms with van der Waals surface area (Å²) in [7, 11) is 4.86. The Kier molecular flexibility index (Phi) is 11.8. The predicted molar refractivity (Wildman–Crippen MR) is 160 cm³/mol. The zero-order valence-corrected chi connectivity index (χ0v) is 26.5. The first-order valence-corrected chi connectivity index (χ1v) is 15.6. The number of rotatable bonds is 14. The van der Waals surface area contributed by atoms with Gasteiger partial charge in [-0.05, 0) is 102 Å². The second-order valence-corrected chi connectivity index (χ2v) is 15.4. The average molecular weight is 507 g/mol. The van der Waals surface area contributed by atoms with E-state index in [1.807, 2.05) is 0 Å². The predicted octanol–water partition coefficient (Wildman–Crippen LogP) is 7.37. The van der Waals surface area contributed by atoms with Gasteiger partial charge in [0, 0.05) is 46.8 Å². The normalized spacial score (nSPS) is 24.9. The highest BCUT2D eigenvalue weighted by Gasteiger charge is 2.42. The van der Waals surface area contributed by atoms with Crippen LogP contribution in [-0.4, -0.2) is 70.7 Å². The highest BCUT2D eigenvalue weighted by atomic mass is 15.3. The molecule has 2 rings (SSSR count). The Morgan fingerprint density at radius 1 is 0.611 bits per heavy atom. The summed E-state index contributed by atoms with van der Waals surface area (Å²) in [5.41, 5.74) is 0.781. The van der Waals surface area contributed by atoms with Crippen LogP contribution in [0.15, 0.2) is 0 Å². The topological polar surface area (TPSA) is 30.5 Å². The maximum absolute atomic E-state index is 3.90. The van der Waals surface area contributed by atoms with Crippen LogP contribution in [-0.2, 0) is 0 Å². The molecule has 36 heavy (non-hydrogen) atoms. The third-order valence-corrected chi connectivity index (χ3v) is 9.00. The molecule has 0 amide bonds. The van der Waals surface area contributed by atoms with Crippen LogP contribution in [0, 0.1) is 0 Å². The van der Waals surface area contributed by atoms with Gasteiger partial charge in [-0.2, -0.15) is 0 Å². The van der Waals surface area contributed by atoms with E-state index in [0.29, 0.717) is 18.1 Å². The molecule has 1 unspecified atom stereocenters. The molecule has 4 heteroatoms. The average Bonchev–Trinajstić information content (AvgIpc) is 2.69. The molecular formula is C32H66N4. The number of piperidine rings is 2. The largest absolute Gasteiger partial charge is 0.307 e. The Morgan fingerprint density at radius 3 is 1.44 bits per heavy atom. The van der Waals surface area contributed by atoms with Crippen LogP contribution in [0.5, 0.6) is 0 Å². The Labute approximate surface area is 227 Å². The molecule has 2 heterocycles. The third kappa shape index (κ3) is 10.9. The van der Waals surface area contributed by atoms with Gasteiger partial charge in [0.2, 0.25) is 0 Å². The molecule has 2 fully saturated rings. The second-order valence-electron chi connectivity index (χ2n) is 15.4. The molecule has 2 saturated heterocycles. The first-order valence-electron chi connectivity index (χ1n) is 15.6. The monoisotopic (exact) mass is 507 g/mol. The Balaban J connectivity index is 2.05. The molecule has 0 saturated carbocycles. The Hall–Kier alpha value is -0.160. The van der Waals surface area contributed by atoms with Crippen molar-refractivity contribution in [3.63, 3.8) is 0 Å². The van der Waals surface area contributed by atoms with Crippen molar-refractivity contribution >= 4 is 0 Å². The summed E-state index contributed by atoms with van der Waals surface area (Å²) < 4.78 is 0. The number of nitrogens with one attached hydrogen (secondary N) is 2. The minimum atomic E-state index is 0.193. The van der Waals surface area contributed by atoms with Crippen molar-refractivity contribution in [1.82, 2.24) is 20.4 Å². The van der Waals surface area contributed by atoms with E-state index < -0.39 is 0 Å². The molecule has 2 N–H and O–H groups in total. The van der Waals surface area contributed by atoms with Crippen molar-refractivity contribution < 1.29 is 0 Å². The Bertz CT molecular complexity index is 606. The van der Waals surface area contributed by atoms with Crippen molar-refractivity contribution in [1.29, 1.82) is 0 Å². The maximum Gasteiger partial charge on any atom is 0.0223 e. The minimum Gasteiger partial charge on any atom is -0.307 e. The van der Waals surface area contributed by atoms with Gasteiger partial charge in [-0.1, -0.05) is 58.3 Å². The van der Waals surface area contributed by atoms with Gasteiger partial charge in [-0.3, -0.25) is 4.90 Å². The summed E-state index contributed by atoms with van der Waals surface area (Å²) in [6.07, 6.45) is 17.5. The van der Waals surface area contributed by atoms with Crippen molar-refractivity contribution in [3.8, 4) is 0 Å². The summed E-state index contributed by atoms with van der Waals surface area (Å²) in [6.45, 7) is 22.6. The molecule has 0 aliphatic carbocycles. The number of likely N-dealkylation sites (N-methyl/N-ethyl adjacent to an activating group) is 2. The fourth-order valence-corrected chi connectivity index (χ4v) is 7.85. The minimum absolute atomic E-state index is 0.193. The van der Waals surface area contributed by atoms with Crippen LogP contribution in [0.2, 0.25) is 0 Å².